The summed E-state index contributed by atoms with van der Waals surface area (Å²) in [4.78, 5) is 23.8. The van der Waals surface area contributed by atoms with E-state index in [1.165, 1.54) is 141 Å². The number of thioether (sulfide) groups is 1. The molecular formula is C34H66O4S. The van der Waals surface area contributed by atoms with Crippen molar-refractivity contribution in [3.8, 4) is 0 Å². The Morgan fingerprint density at radius 1 is 0.462 bits per heavy atom. The number of unbranched alkanes of at least 4 members (excludes halogenated alkanes) is 24. The molecule has 0 heterocycles. The zero-order chi connectivity index (χ0) is 28.5. The maximum atomic E-state index is 11.9. The summed E-state index contributed by atoms with van der Waals surface area (Å²) in [7, 11) is 0. The zero-order valence-corrected chi connectivity index (χ0v) is 27.1. The third kappa shape index (κ3) is 33.6. The van der Waals surface area contributed by atoms with E-state index in [1.807, 2.05) is 0 Å². The quantitative estimate of drug-likeness (QED) is 0.0348. The van der Waals surface area contributed by atoms with Gasteiger partial charge >= 0.3 is 11.9 Å². The molecule has 0 saturated carbocycles. The number of esters is 2. The van der Waals surface area contributed by atoms with Crippen molar-refractivity contribution < 1.29 is 19.1 Å². The summed E-state index contributed by atoms with van der Waals surface area (Å²) < 4.78 is 10.5. The molecule has 0 amide bonds. The van der Waals surface area contributed by atoms with E-state index in [-0.39, 0.29) is 11.9 Å². The van der Waals surface area contributed by atoms with Crippen LogP contribution >= 0.6 is 11.8 Å². The predicted molar refractivity (Wildman–Crippen MR) is 170 cm³/mol. The van der Waals surface area contributed by atoms with Crippen molar-refractivity contribution in [1.29, 1.82) is 0 Å². The Hall–Kier alpha value is -0.550. The minimum atomic E-state index is -0.331. The standard InChI is InChI=1S/C34H66O4S/c1-3-4-5-6-7-8-9-11-14-17-20-23-26-29-33(35)38-34(36)30-27-24-21-18-15-12-10-13-16-19-22-25-28-31-37-32-39-2/h3-32H2,1-2H3. The average molecular weight is 571 g/mol. The highest BCUT2D eigenvalue weighted by atomic mass is 32.2. The minimum absolute atomic E-state index is 0.330. The number of carbonyl (C=O) groups excluding carboxylic acids is 2. The van der Waals surface area contributed by atoms with Crippen molar-refractivity contribution in [3.05, 3.63) is 0 Å². The summed E-state index contributed by atoms with van der Waals surface area (Å²) in [6.07, 6.45) is 35.8. The maximum absolute atomic E-state index is 11.9. The normalized spacial score (nSPS) is 11.2. The second kappa shape index (κ2) is 33.7. The van der Waals surface area contributed by atoms with Crippen LogP contribution < -0.4 is 0 Å². The highest BCUT2D eigenvalue weighted by Crippen LogP contribution is 2.15. The first-order valence-corrected chi connectivity index (χ1v) is 18.4. The first-order chi connectivity index (χ1) is 19.2. The molecule has 0 aliphatic rings. The van der Waals surface area contributed by atoms with E-state index in [0.717, 1.165) is 38.2 Å². The molecule has 0 atom stereocenters. The number of carbonyl (C=O) groups is 2. The van der Waals surface area contributed by atoms with Gasteiger partial charge in [-0.25, -0.2) is 0 Å². The molecule has 0 spiro atoms. The van der Waals surface area contributed by atoms with Crippen molar-refractivity contribution in [2.75, 3.05) is 18.8 Å². The summed E-state index contributed by atoms with van der Waals surface area (Å²) in [6.45, 7) is 3.18. The summed E-state index contributed by atoms with van der Waals surface area (Å²) in [5.74, 6) is 0.165. The van der Waals surface area contributed by atoms with Gasteiger partial charge in [0.1, 0.15) is 0 Å². The Morgan fingerprint density at radius 2 is 0.769 bits per heavy atom. The number of hydrogen-bond acceptors (Lipinski definition) is 5. The van der Waals surface area contributed by atoms with Gasteiger partial charge in [-0.15, -0.1) is 11.8 Å². The molecule has 0 bridgehead atoms. The van der Waals surface area contributed by atoms with Crippen molar-refractivity contribution in [2.24, 2.45) is 0 Å². The molecule has 0 aliphatic carbocycles. The second-order valence-electron chi connectivity index (χ2n) is 11.5. The third-order valence-electron chi connectivity index (χ3n) is 7.58. The van der Waals surface area contributed by atoms with E-state index in [1.54, 1.807) is 11.8 Å². The Balaban J connectivity index is 3.27. The zero-order valence-electron chi connectivity index (χ0n) is 26.3. The lowest BCUT2D eigenvalue weighted by atomic mass is 10.0. The second-order valence-corrected chi connectivity index (χ2v) is 12.3. The molecule has 0 radical (unpaired) electrons. The van der Waals surface area contributed by atoms with Gasteiger partial charge in [-0.05, 0) is 25.5 Å². The van der Waals surface area contributed by atoms with Crippen LogP contribution in [0.5, 0.6) is 0 Å². The fourth-order valence-electron chi connectivity index (χ4n) is 5.08. The molecular weight excluding hydrogens is 504 g/mol. The molecule has 0 aromatic heterocycles. The summed E-state index contributed by atoms with van der Waals surface area (Å²) in [5, 5.41) is 0. The van der Waals surface area contributed by atoms with Gasteiger partial charge in [0.2, 0.25) is 0 Å². The van der Waals surface area contributed by atoms with Crippen LogP contribution in [0.1, 0.15) is 187 Å². The molecule has 232 valence electrons. The van der Waals surface area contributed by atoms with Crippen molar-refractivity contribution in [3.63, 3.8) is 0 Å². The SMILES string of the molecule is CCCCCCCCCCCCCCCC(=O)OC(=O)CCCCCCCCCCCCCCCOCSC. The van der Waals surface area contributed by atoms with Crippen LogP contribution in [0.25, 0.3) is 0 Å². The van der Waals surface area contributed by atoms with Crippen molar-refractivity contribution in [2.45, 2.75) is 187 Å². The first kappa shape index (κ1) is 38.5. The monoisotopic (exact) mass is 570 g/mol. The molecule has 4 nitrogen and oxygen atoms in total. The van der Waals surface area contributed by atoms with Gasteiger partial charge in [0.25, 0.3) is 0 Å². The van der Waals surface area contributed by atoms with Crippen LogP contribution in [-0.4, -0.2) is 30.7 Å². The number of ether oxygens (including phenoxy) is 2. The highest BCUT2D eigenvalue weighted by molar-refractivity contribution is 7.98. The molecule has 0 fully saturated rings. The first-order valence-electron chi connectivity index (χ1n) is 17.0. The van der Waals surface area contributed by atoms with E-state index in [4.69, 9.17) is 9.47 Å². The van der Waals surface area contributed by atoms with Crippen LogP contribution in [0, 0.1) is 0 Å². The predicted octanol–water partition coefficient (Wildman–Crippen LogP) is 11.3. The Morgan fingerprint density at radius 3 is 1.10 bits per heavy atom. The van der Waals surface area contributed by atoms with E-state index < -0.39 is 0 Å². The summed E-state index contributed by atoms with van der Waals surface area (Å²) in [5.41, 5.74) is 0. The molecule has 0 N–H and O–H groups in total. The van der Waals surface area contributed by atoms with E-state index >= 15 is 0 Å². The van der Waals surface area contributed by atoms with Crippen LogP contribution in [0.4, 0.5) is 0 Å². The Labute approximate surface area is 247 Å². The van der Waals surface area contributed by atoms with Gasteiger partial charge in [-0.1, -0.05) is 155 Å². The third-order valence-corrected chi connectivity index (χ3v) is 7.99. The Kier molecular flexibility index (Phi) is 33.2. The molecule has 0 aromatic rings. The summed E-state index contributed by atoms with van der Waals surface area (Å²) >= 11 is 1.75. The molecule has 0 aromatic carbocycles. The van der Waals surface area contributed by atoms with Gasteiger partial charge in [0, 0.05) is 19.4 Å². The van der Waals surface area contributed by atoms with Crippen LogP contribution in [0.3, 0.4) is 0 Å². The highest BCUT2D eigenvalue weighted by Gasteiger charge is 2.09. The van der Waals surface area contributed by atoms with Crippen molar-refractivity contribution in [1.82, 2.24) is 0 Å². The smallest absolute Gasteiger partial charge is 0.313 e. The topological polar surface area (TPSA) is 52.6 Å². The minimum Gasteiger partial charge on any atom is -0.393 e. The van der Waals surface area contributed by atoms with E-state index in [9.17, 15) is 9.59 Å². The molecule has 0 rings (SSSR count). The average Bonchev–Trinajstić information content (AvgIpc) is 2.93. The summed E-state index contributed by atoms with van der Waals surface area (Å²) in [6, 6.07) is 0. The maximum Gasteiger partial charge on any atom is 0.313 e. The molecule has 0 saturated heterocycles. The lowest BCUT2D eigenvalue weighted by Gasteiger charge is -2.05. The van der Waals surface area contributed by atoms with Crippen molar-refractivity contribution >= 4 is 23.7 Å². The Bertz CT molecular complexity index is 511. The van der Waals surface area contributed by atoms with Gasteiger partial charge in [0.15, 0.2) is 0 Å². The molecule has 39 heavy (non-hydrogen) atoms. The van der Waals surface area contributed by atoms with Gasteiger partial charge in [-0.2, -0.15) is 0 Å². The van der Waals surface area contributed by atoms with Gasteiger partial charge < -0.3 is 9.47 Å². The lowest BCUT2D eigenvalue weighted by molar-refractivity contribution is -0.159. The fourth-order valence-corrected chi connectivity index (χ4v) is 5.36. The van der Waals surface area contributed by atoms with Crippen LogP contribution in [0.2, 0.25) is 0 Å². The molecule has 0 aliphatic heterocycles. The van der Waals surface area contributed by atoms with Crippen LogP contribution in [-0.2, 0) is 19.1 Å². The lowest BCUT2D eigenvalue weighted by Crippen LogP contribution is -2.11. The number of hydrogen-bond donors (Lipinski definition) is 0. The van der Waals surface area contributed by atoms with Crippen LogP contribution in [0.15, 0.2) is 0 Å². The molecule has 5 heteroatoms. The fraction of sp³-hybridized carbons (Fsp3) is 0.941. The van der Waals surface area contributed by atoms with Gasteiger partial charge in [0.05, 0.1) is 5.94 Å². The largest absolute Gasteiger partial charge is 0.393 e. The number of rotatable bonds is 32. The van der Waals surface area contributed by atoms with E-state index in [0.29, 0.717) is 12.8 Å². The van der Waals surface area contributed by atoms with Gasteiger partial charge in [-0.3, -0.25) is 9.59 Å². The molecule has 0 unspecified atom stereocenters. The van der Waals surface area contributed by atoms with E-state index in [2.05, 4.69) is 13.2 Å².